The maximum atomic E-state index is 13.7. The largest absolute Gasteiger partial charge is 0.477 e. The van der Waals surface area contributed by atoms with Crippen molar-refractivity contribution in [2.45, 2.75) is 37.2 Å². The van der Waals surface area contributed by atoms with Crippen LogP contribution in [0.25, 0.3) is 0 Å². The number of halogens is 1. The molecule has 0 radical (unpaired) electrons. The van der Waals surface area contributed by atoms with Gasteiger partial charge in [-0.25, -0.2) is 14.2 Å². The SMILES string of the molecule is CC(=O)OCC1=C(C(=O)O)N2C(=O)C(NC(=O)C(N)(CF)Cc3cnc(C)[nH]3)C2SC1. The summed E-state index contributed by atoms with van der Waals surface area (Å²) < 4.78 is 18.6. The van der Waals surface area contributed by atoms with Crippen LogP contribution in [0.5, 0.6) is 0 Å². The molecule has 2 aliphatic heterocycles. The van der Waals surface area contributed by atoms with Crippen molar-refractivity contribution in [3.8, 4) is 0 Å². The van der Waals surface area contributed by atoms with Crippen LogP contribution in [0.4, 0.5) is 4.39 Å². The molecule has 13 heteroatoms. The molecule has 3 rings (SSSR count). The number of carbonyl (C=O) groups is 4. The van der Waals surface area contributed by atoms with Crippen LogP contribution in [-0.2, 0) is 30.3 Å². The van der Waals surface area contributed by atoms with E-state index < -0.39 is 47.4 Å². The molecule has 3 heterocycles. The number of amides is 2. The summed E-state index contributed by atoms with van der Waals surface area (Å²) in [4.78, 5) is 56.0. The highest BCUT2D eigenvalue weighted by Gasteiger charge is 2.55. The number of nitrogens with zero attached hydrogens (tertiary/aromatic N) is 2. The van der Waals surface area contributed by atoms with Crippen LogP contribution in [0.1, 0.15) is 18.4 Å². The number of imidazole rings is 1. The Hall–Kier alpha value is -2.93. The summed E-state index contributed by atoms with van der Waals surface area (Å²) >= 11 is 1.20. The smallest absolute Gasteiger partial charge is 0.352 e. The van der Waals surface area contributed by atoms with Gasteiger partial charge in [-0.1, -0.05) is 0 Å². The molecule has 3 unspecified atom stereocenters. The minimum atomic E-state index is -1.93. The molecule has 2 amide bonds. The first-order chi connectivity index (χ1) is 14.6. The zero-order valence-corrected chi connectivity index (χ0v) is 17.6. The predicted molar refractivity (Wildman–Crippen MR) is 106 cm³/mol. The van der Waals surface area contributed by atoms with E-state index in [9.17, 15) is 28.7 Å². The van der Waals surface area contributed by atoms with E-state index in [0.29, 0.717) is 11.5 Å². The van der Waals surface area contributed by atoms with Crippen LogP contribution in [-0.4, -0.2) is 79.7 Å². The van der Waals surface area contributed by atoms with Crippen molar-refractivity contribution in [2.24, 2.45) is 5.73 Å². The molecular weight excluding hydrogens is 433 g/mol. The number of aliphatic carboxylic acids is 1. The topological polar surface area (TPSA) is 168 Å². The van der Waals surface area contributed by atoms with Gasteiger partial charge in [0.1, 0.15) is 41.8 Å². The number of carboxylic acid groups (broad SMARTS) is 1. The van der Waals surface area contributed by atoms with Crippen LogP contribution in [0.15, 0.2) is 17.5 Å². The van der Waals surface area contributed by atoms with Gasteiger partial charge in [0.05, 0.1) is 0 Å². The van der Waals surface area contributed by atoms with Crippen LogP contribution >= 0.6 is 11.8 Å². The van der Waals surface area contributed by atoms with E-state index in [1.807, 2.05) is 0 Å². The monoisotopic (exact) mass is 455 g/mol. The number of hydrogen-bond donors (Lipinski definition) is 4. The average Bonchev–Trinajstić information content (AvgIpc) is 3.13. The van der Waals surface area contributed by atoms with E-state index in [2.05, 4.69) is 15.3 Å². The molecule has 168 valence electrons. The van der Waals surface area contributed by atoms with Gasteiger partial charge in [-0.2, -0.15) is 0 Å². The number of aromatic nitrogens is 2. The number of H-pyrrole nitrogens is 1. The molecule has 1 saturated heterocycles. The lowest BCUT2D eigenvalue weighted by atomic mass is 9.93. The van der Waals surface area contributed by atoms with E-state index >= 15 is 0 Å². The van der Waals surface area contributed by atoms with Gasteiger partial charge >= 0.3 is 11.9 Å². The number of β-lactam (4-membered cyclic amide) rings is 1. The lowest BCUT2D eigenvalue weighted by Crippen LogP contribution is -2.73. The number of aryl methyl sites for hydroxylation is 1. The number of thioether (sulfide) groups is 1. The molecule has 3 atom stereocenters. The van der Waals surface area contributed by atoms with Gasteiger partial charge < -0.3 is 25.9 Å². The molecular formula is C18H22FN5O6S. The highest BCUT2D eigenvalue weighted by atomic mass is 32.2. The number of nitrogens with two attached hydrogens (primary N) is 1. The first-order valence-electron chi connectivity index (χ1n) is 9.27. The number of carboxylic acids is 1. The number of fused-ring (bicyclic) bond motifs is 1. The van der Waals surface area contributed by atoms with Crippen molar-refractivity contribution < 1.29 is 33.4 Å². The molecule has 0 spiro atoms. The second-order valence-electron chi connectivity index (χ2n) is 7.36. The predicted octanol–water partition coefficient (Wildman–Crippen LogP) is -0.771. The molecule has 0 saturated carbocycles. The van der Waals surface area contributed by atoms with Crippen molar-refractivity contribution in [2.75, 3.05) is 19.0 Å². The second-order valence-corrected chi connectivity index (χ2v) is 8.46. The van der Waals surface area contributed by atoms with E-state index in [1.54, 1.807) is 6.92 Å². The summed E-state index contributed by atoms with van der Waals surface area (Å²) in [6.45, 7) is 1.46. The summed E-state index contributed by atoms with van der Waals surface area (Å²) in [6, 6.07) is -1.06. The third-order valence-electron chi connectivity index (χ3n) is 4.94. The number of rotatable bonds is 8. The molecule has 2 aliphatic rings. The van der Waals surface area contributed by atoms with Crippen molar-refractivity contribution in [1.82, 2.24) is 20.2 Å². The summed E-state index contributed by atoms with van der Waals surface area (Å²) in [7, 11) is 0. The highest BCUT2D eigenvalue weighted by Crippen LogP contribution is 2.40. The zero-order chi connectivity index (χ0) is 22.9. The van der Waals surface area contributed by atoms with Gasteiger partial charge in [-0.05, 0) is 6.92 Å². The third-order valence-corrected chi connectivity index (χ3v) is 6.28. The normalized spacial score (nSPS) is 22.3. The molecule has 1 aromatic heterocycles. The third kappa shape index (κ3) is 4.42. The van der Waals surface area contributed by atoms with Crippen molar-refractivity contribution in [3.05, 3.63) is 29.0 Å². The maximum absolute atomic E-state index is 13.7. The Balaban J connectivity index is 1.73. The van der Waals surface area contributed by atoms with Gasteiger partial charge in [0.25, 0.3) is 5.91 Å². The minimum absolute atomic E-state index is 0.161. The van der Waals surface area contributed by atoms with Gasteiger partial charge in [0.2, 0.25) is 5.91 Å². The number of hydrogen-bond acceptors (Lipinski definition) is 8. The van der Waals surface area contributed by atoms with E-state index in [1.165, 1.54) is 24.9 Å². The number of ether oxygens (including phenoxy) is 1. The molecule has 0 aromatic carbocycles. The Bertz CT molecular complexity index is 965. The average molecular weight is 455 g/mol. The van der Waals surface area contributed by atoms with Gasteiger partial charge in [-0.15, -0.1) is 11.8 Å². The van der Waals surface area contributed by atoms with E-state index in [-0.39, 0.29) is 30.1 Å². The number of nitrogens with one attached hydrogen (secondary N) is 2. The maximum Gasteiger partial charge on any atom is 0.352 e. The first kappa shape index (κ1) is 22.7. The lowest BCUT2D eigenvalue weighted by molar-refractivity contribution is -0.151. The Morgan fingerprint density at radius 3 is 2.77 bits per heavy atom. The van der Waals surface area contributed by atoms with Crippen LogP contribution in [0.3, 0.4) is 0 Å². The van der Waals surface area contributed by atoms with Crippen LogP contribution in [0, 0.1) is 6.92 Å². The molecule has 5 N–H and O–H groups in total. The van der Waals surface area contributed by atoms with E-state index in [4.69, 9.17) is 10.5 Å². The number of carbonyl (C=O) groups excluding carboxylic acids is 3. The van der Waals surface area contributed by atoms with Crippen molar-refractivity contribution >= 4 is 35.5 Å². The quantitative estimate of drug-likeness (QED) is 0.290. The molecule has 0 bridgehead atoms. The number of alkyl halides is 1. The molecule has 0 aliphatic carbocycles. The number of aromatic amines is 1. The van der Waals surface area contributed by atoms with Crippen LogP contribution in [0.2, 0.25) is 0 Å². The zero-order valence-electron chi connectivity index (χ0n) is 16.8. The standard InChI is InChI=1S/C18H22FN5O6S/c1-8-21-4-11(22-8)3-18(20,7-19)17(29)23-12-14(26)24-13(16(27)28)10(5-30-9(2)25)6-31-15(12)24/h4,12,15H,3,5-7,20H2,1-2H3,(H,21,22)(H,23,29)(H,27,28). The second kappa shape index (κ2) is 8.67. The minimum Gasteiger partial charge on any atom is -0.477 e. The van der Waals surface area contributed by atoms with Gasteiger partial charge in [0.15, 0.2) is 0 Å². The van der Waals surface area contributed by atoms with Gasteiger partial charge in [0, 0.05) is 36.6 Å². The van der Waals surface area contributed by atoms with Crippen molar-refractivity contribution in [1.29, 1.82) is 0 Å². The highest BCUT2D eigenvalue weighted by molar-refractivity contribution is 8.00. The fourth-order valence-electron chi connectivity index (χ4n) is 3.36. The molecule has 11 nitrogen and oxygen atoms in total. The molecule has 31 heavy (non-hydrogen) atoms. The molecule has 1 fully saturated rings. The number of esters is 1. The fraction of sp³-hybridized carbons (Fsp3) is 0.500. The van der Waals surface area contributed by atoms with E-state index in [0.717, 1.165) is 4.90 Å². The first-order valence-corrected chi connectivity index (χ1v) is 10.3. The van der Waals surface area contributed by atoms with Crippen LogP contribution < -0.4 is 11.1 Å². The summed E-state index contributed by atoms with van der Waals surface area (Å²) in [5.74, 6) is -2.70. The Morgan fingerprint density at radius 1 is 1.52 bits per heavy atom. The van der Waals surface area contributed by atoms with Gasteiger partial charge in [-0.3, -0.25) is 19.3 Å². The summed E-state index contributed by atoms with van der Waals surface area (Å²) in [5, 5.41) is 11.3. The summed E-state index contributed by atoms with van der Waals surface area (Å²) in [5.41, 5.74) is 4.50. The fourth-order valence-corrected chi connectivity index (χ4v) is 4.68. The Morgan fingerprint density at radius 2 is 2.23 bits per heavy atom. The Kier molecular flexibility index (Phi) is 6.36. The Labute approximate surface area is 180 Å². The molecule has 1 aromatic rings. The summed E-state index contributed by atoms with van der Waals surface area (Å²) in [6.07, 6.45) is 1.28. The van der Waals surface area contributed by atoms with Crippen molar-refractivity contribution in [3.63, 3.8) is 0 Å². The lowest BCUT2D eigenvalue weighted by Gasteiger charge is -2.49.